The summed E-state index contributed by atoms with van der Waals surface area (Å²) in [6.45, 7) is 4.30. The van der Waals surface area contributed by atoms with Crippen LogP contribution in [0.15, 0.2) is 78.9 Å². The Morgan fingerprint density at radius 3 is 1.91 bits per heavy atom. The van der Waals surface area contributed by atoms with Crippen molar-refractivity contribution >= 4 is 24.8 Å². The van der Waals surface area contributed by atoms with Crippen LogP contribution in [0.3, 0.4) is 0 Å². The second-order valence-corrected chi connectivity index (χ2v) is 8.52. The molecule has 176 valence electrons. The maximum absolute atomic E-state index is 6.32. The fourth-order valence-electron chi connectivity index (χ4n) is 4.29. The molecule has 3 aromatic carbocycles. The summed E-state index contributed by atoms with van der Waals surface area (Å²) in [5.74, 6) is 4.00. The van der Waals surface area contributed by atoms with Crippen LogP contribution < -0.4 is 14.8 Å². The van der Waals surface area contributed by atoms with Gasteiger partial charge in [0.25, 0.3) is 0 Å². The van der Waals surface area contributed by atoms with Crippen molar-refractivity contribution in [3.05, 3.63) is 84.4 Å². The lowest BCUT2D eigenvalue weighted by Crippen LogP contribution is -2.45. The van der Waals surface area contributed by atoms with Crippen LogP contribution in [0.1, 0.15) is 30.9 Å². The van der Waals surface area contributed by atoms with E-state index in [2.05, 4.69) is 28.4 Å². The number of nitrogens with one attached hydrogen (secondary N) is 1. The van der Waals surface area contributed by atoms with E-state index in [1.54, 1.807) is 0 Å². The lowest BCUT2D eigenvalue weighted by atomic mass is 9.98. The predicted molar refractivity (Wildman–Crippen MR) is 138 cm³/mol. The molecule has 1 saturated carbocycles. The molecule has 1 atom stereocenters. The maximum Gasteiger partial charge on any atom is 0.170 e. The largest absolute Gasteiger partial charge is 0.453 e. The van der Waals surface area contributed by atoms with Crippen molar-refractivity contribution in [2.45, 2.75) is 25.3 Å². The quantitative estimate of drug-likeness (QED) is 0.376. The molecule has 1 heterocycles. The number of hydrogen-bond acceptors (Lipinski definition) is 4. The third-order valence-corrected chi connectivity index (χ3v) is 6.14. The van der Waals surface area contributed by atoms with Gasteiger partial charge in [0, 0.05) is 32.2 Å². The SMILES string of the molecule is Cl.Cl.c1ccc(Oc2ccc([C@@H](CC3CC3)N3CCNCC3)cc2Oc2ccccc2)cc1. The van der Waals surface area contributed by atoms with Crippen LogP contribution in [-0.2, 0) is 0 Å². The minimum atomic E-state index is 0. The molecule has 4 nitrogen and oxygen atoms in total. The normalized spacial score (nSPS) is 16.7. The minimum absolute atomic E-state index is 0. The summed E-state index contributed by atoms with van der Waals surface area (Å²) in [5.41, 5.74) is 1.32. The van der Waals surface area contributed by atoms with Gasteiger partial charge in [0.05, 0.1) is 0 Å². The number of benzene rings is 3. The highest BCUT2D eigenvalue weighted by Gasteiger charge is 2.31. The number of piperazine rings is 1. The van der Waals surface area contributed by atoms with Gasteiger partial charge in [0.1, 0.15) is 11.5 Å². The summed E-state index contributed by atoms with van der Waals surface area (Å²) < 4.78 is 12.5. The molecule has 1 aliphatic heterocycles. The van der Waals surface area contributed by atoms with Gasteiger partial charge in [-0.2, -0.15) is 0 Å². The maximum atomic E-state index is 6.32. The van der Waals surface area contributed by atoms with Crippen LogP contribution in [-0.4, -0.2) is 31.1 Å². The first-order valence-electron chi connectivity index (χ1n) is 11.4. The number of nitrogens with zero attached hydrogens (tertiary/aromatic N) is 1. The molecule has 2 aliphatic rings. The Balaban J connectivity index is 0.00000153. The summed E-state index contributed by atoms with van der Waals surface area (Å²) in [4.78, 5) is 2.63. The van der Waals surface area contributed by atoms with Crippen LogP contribution >= 0.6 is 24.8 Å². The third kappa shape index (κ3) is 6.87. The molecule has 0 radical (unpaired) electrons. The average Bonchev–Trinajstić information content (AvgIpc) is 3.65. The lowest BCUT2D eigenvalue weighted by molar-refractivity contribution is 0.160. The standard InChI is InChI=1S/C27H30N2O2.2ClH/c1-3-7-23(8-4-1)30-26-14-13-22(20-27(26)31-24-9-5-2-6-10-24)25(19-21-11-12-21)29-17-15-28-16-18-29;;/h1-10,13-14,20-21,25,28H,11-12,15-19H2;2*1H/t25-;;/m1../s1. The van der Waals surface area contributed by atoms with E-state index in [0.717, 1.165) is 55.1 Å². The molecule has 1 N–H and O–H groups in total. The molecule has 0 unspecified atom stereocenters. The van der Waals surface area contributed by atoms with E-state index >= 15 is 0 Å². The van der Waals surface area contributed by atoms with Crippen LogP contribution in [0.5, 0.6) is 23.0 Å². The highest BCUT2D eigenvalue weighted by Crippen LogP contribution is 2.43. The molecular formula is C27H32Cl2N2O2. The molecule has 33 heavy (non-hydrogen) atoms. The van der Waals surface area contributed by atoms with E-state index in [1.807, 2.05) is 60.7 Å². The average molecular weight is 487 g/mol. The second kappa shape index (κ2) is 12.3. The first-order chi connectivity index (χ1) is 15.3. The summed E-state index contributed by atoms with van der Waals surface area (Å²) in [5, 5.41) is 3.48. The Morgan fingerprint density at radius 1 is 0.758 bits per heavy atom. The molecule has 0 aromatic heterocycles. The van der Waals surface area contributed by atoms with Crippen molar-refractivity contribution in [3.63, 3.8) is 0 Å². The molecule has 3 aromatic rings. The van der Waals surface area contributed by atoms with Crippen molar-refractivity contribution in [1.82, 2.24) is 10.2 Å². The van der Waals surface area contributed by atoms with E-state index in [9.17, 15) is 0 Å². The zero-order chi connectivity index (χ0) is 20.9. The number of halogens is 2. The van der Waals surface area contributed by atoms with Gasteiger partial charge in [-0.25, -0.2) is 0 Å². The van der Waals surface area contributed by atoms with Crippen molar-refractivity contribution in [2.24, 2.45) is 5.92 Å². The number of ether oxygens (including phenoxy) is 2. The fourth-order valence-corrected chi connectivity index (χ4v) is 4.29. The van der Waals surface area contributed by atoms with E-state index in [1.165, 1.54) is 24.8 Å². The Morgan fingerprint density at radius 2 is 1.33 bits per heavy atom. The van der Waals surface area contributed by atoms with Gasteiger partial charge < -0.3 is 14.8 Å². The molecule has 1 saturated heterocycles. The zero-order valence-corrected chi connectivity index (χ0v) is 20.3. The van der Waals surface area contributed by atoms with Gasteiger partial charge in [-0.15, -0.1) is 24.8 Å². The fraction of sp³-hybridized carbons (Fsp3) is 0.333. The molecule has 5 rings (SSSR count). The summed E-state index contributed by atoms with van der Waals surface area (Å²) in [6, 6.07) is 26.8. The third-order valence-electron chi connectivity index (χ3n) is 6.14. The molecule has 6 heteroatoms. The van der Waals surface area contributed by atoms with Crippen LogP contribution in [0.4, 0.5) is 0 Å². The Bertz CT molecular complexity index is 978. The van der Waals surface area contributed by atoms with E-state index in [4.69, 9.17) is 9.47 Å². The van der Waals surface area contributed by atoms with Crippen molar-refractivity contribution in [2.75, 3.05) is 26.2 Å². The van der Waals surface area contributed by atoms with Gasteiger partial charge in [0.15, 0.2) is 11.5 Å². The van der Waals surface area contributed by atoms with E-state index < -0.39 is 0 Å². The topological polar surface area (TPSA) is 33.7 Å². The van der Waals surface area contributed by atoms with E-state index in [0.29, 0.717) is 6.04 Å². The Kier molecular flexibility index (Phi) is 9.45. The Hall–Kier alpha value is -2.24. The summed E-state index contributed by atoms with van der Waals surface area (Å²) in [6.07, 6.45) is 3.96. The molecule has 1 aliphatic carbocycles. The summed E-state index contributed by atoms with van der Waals surface area (Å²) in [7, 11) is 0. The van der Waals surface area contributed by atoms with Gasteiger partial charge in [0.2, 0.25) is 0 Å². The lowest BCUT2D eigenvalue weighted by Gasteiger charge is -2.35. The van der Waals surface area contributed by atoms with Crippen molar-refractivity contribution in [1.29, 1.82) is 0 Å². The van der Waals surface area contributed by atoms with Crippen molar-refractivity contribution < 1.29 is 9.47 Å². The smallest absolute Gasteiger partial charge is 0.170 e. The summed E-state index contributed by atoms with van der Waals surface area (Å²) >= 11 is 0. The highest BCUT2D eigenvalue weighted by molar-refractivity contribution is 5.85. The molecule has 2 fully saturated rings. The zero-order valence-electron chi connectivity index (χ0n) is 18.7. The van der Waals surface area contributed by atoms with Crippen LogP contribution in [0, 0.1) is 5.92 Å². The number of hydrogen-bond donors (Lipinski definition) is 1. The molecule has 0 amide bonds. The number of rotatable bonds is 8. The van der Waals surface area contributed by atoms with Gasteiger partial charge in [-0.1, -0.05) is 55.3 Å². The van der Waals surface area contributed by atoms with Gasteiger partial charge in [-0.05, 0) is 54.3 Å². The van der Waals surface area contributed by atoms with Crippen LogP contribution in [0.2, 0.25) is 0 Å². The number of para-hydroxylation sites is 2. The van der Waals surface area contributed by atoms with E-state index in [-0.39, 0.29) is 24.8 Å². The first-order valence-corrected chi connectivity index (χ1v) is 11.4. The van der Waals surface area contributed by atoms with Crippen LogP contribution in [0.25, 0.3) is 0 Å². The Labute approximate surface area is 209 Å². The van der Waals surface area contributed by atoms with Gasteiger partial charge >= 0.3 is 0 Å². The minimum Gasteiger partial charge on any atom is -0.453 e. The molecular weight excluding hydrogens is 455 g/mol. The van der Waals surface area contributed by atoms with Crippen molar-refractivity contribution in [3.8, 4) is 23.0 Å². The highest BCUT2D eigenvalue weighted by atomic mass is 35.5. The molecule has 0 spiro atoms. The second-order valence-electron chi connectivity index (χ2n) is 8.52. The first kappa shape index (κ1) is 25.4. The monoisotopic (exact) mass is 486 g/mol. The molecule has 0 bridgehead atoms. The predicted octanol–water partition coefficient (Wildman–Crippen LogP) is 6.86. The van der Waals surface area contributed by atoms with Gasteiger partial charge in [-0.3, -0.25) is 4.90 Å².